The van der Waals surface area contributed by atoms with Gasteiger partial charge in [-0.1, -0.05) is 99.4 Å². The first-order valence-electron chi connectivity index (χ1n) is 11.8. The second-order valence-electron chi connectivity index (χ2n) is 10.7. The number of aromatic amines is 1. The van der Waals surface area contributed by atoms with Gasteiger partial charge in [0.25, 0.3) is 5.01 Å². The molecule has 0 radical (unpaired) electrons. The monoisotopic (exact) mass is 468 g/mol. The van der Waals surface area contributed by atoms with Crippen LogP contribution in [-0.2, 0) is 10.8 Å². The molecule has 4 aromatic carbocycles. The molecule has 7 rings (SSSR count). The van der Waals surface area contributed by atoms with E-state index in [2.05, 4.69) is 99.4 Å². The molecule has 0 fully saturated rings. The molecule has 0 spiro atoms. The van der Waals surface area contributed by atoms with Crippen molar-refractivity contribution in [2.45, 2.75) is 38.5 Å². The number of rotatable bonds is 1. The Balaban J connectivity index is 0.00000229. The van der Waals surface area contributed by atoms with Gasteiger partial charge in [-0.15, -0.1) is 0 Å². The van der Waals surface area contributed by atoms with Crippen LogP contribution < -0.4 is 10.1 Å². The van der Waals surface area contributed by atoms with Gasteiger partial charge in [0.05, 0.1) is 5.56 Å². The third-order valence-electron chi connectivity index (χ3n) is 8.06. The summed E-state index contributed by atoms with van der Waals surface area (Å²) >= 11 is 1.68. The van der Waals surface area contributed by atoms with Crippen molar-refractivity contribution in [1.29, 1.82) is 0 Å². The zero-order chi connectivity index (χ0) is 23.4. The minimum Gasteiger partial charge on any atom is -0.872 e. The number of fused-ring (bicyclic) bond motifs is 7. The van der Waals surface area contributed by atoms with E-state index in [1.807, 2.05) is 6.07 Å². The molecule has 0 aliphatic heterocycles. The third kappa shape index (κ3) is 2.77. The van der Waals surface area contributed by atoms with Crippen molar-refractivity contribution < 1.29 is 10.1 Å². The maximum atomic E-state index is 13.9. The standard InChI is InChI=1S/C31H25NOS.Be/c1-30(2)22-11-7-6-10-18(22)21-15-25-26(16-24(21)30)34-29(32-25)20-14-13-19-17-9-5-8-12-23(17)31(3,4)27(19)28(20)33;/h5-16,33H,1-4H3;/q;+2. The summed E-state index contributed by atoms with van der Waals surface area (Å²) in [5, 5.41) is 14.8. The predicted molar refractivity (Wildman–Crippen MR) is 144 cm³/mol. The van der Waals surface area contributed by atoms with E-state index in [-0.39, 0.29) is 26.7 Å². The fourth-order valence-electron chi connectivity index (χ4n) is 6.29. The second-order valence-corrected chi connectivity index (χ2v) is 11.7. The largest absolute Gasteiger partial charge is 2.00 e. The van der Waals surface area contributed by atoms with Crippen molar-refractivity contribution in [1.82, 2.24) is 0 Å². The van der Waals surface area contributed by atoms with Gasteiger partial charge in [-0.3, -0.25) is 0 Å². The van der Waals surface area contributed by atoms with Crippen LogP contribution in [0.3, 0.4) is 0 Å². The summed E-state index contributed by atoms with van der Waals surface area (Å²) < 4.78 is 1.19. The maximum absolute atomic E-state index is 13.9. The average molecular weight is 469 g/mol. The SMILES string of the molecule is CC1(C)c2ccccc2-c2cc3[nH+]c(-c4ccc5c(c4[O-])C(C)(C)c4ccccc4-5)sc3cc21.[Be+2]. The molecule has 2 nitrogen and oxygen atoms in total. The first-order valence-corrected chi connectivity index (χ1v) is 12.6. The molecule has 2 aliphatic carbocycles. The van der Waals surface area contributed by atoms with Gasteiger partial charge in [-0.05, 0) is 56.6 Å². The van der Waals surface area contributed by atoms with E-state index in [0.29, 0.717) is 0 Å². The molecular weight excluding hydrogens is 443 g/mol. The fraction of sp³-hybridized carbons (Fsp3) is 0.194. The Morgan fingerprint density at radius 1 is 0.657 bits per heavy atom. The number of hydrogen-bond donors (Lipinski definition) is 0. The normalized spacial score (nSPS) is 15.8. The molecule has 1 N–H and O–H groups in total. The molecule has 2 aliphatic rings. The average Bonchev–Trinajstić information content (AvgIpc) is 3.41. The van der Waals surface area contributed by atoms with Gasteiger partial charge in [0, 0.05) is 16.9 Å². The Morgan fingerprint density at radius 2 is 1.26 bits per heavy atom. The van der Waals surface area contributed by atoms with Crippen LogP contribution in [0.25, 0.3) is 43.0 Å². The van der Waals surface area contributed by atoms with Crippen LogP contribution in [0.4, 0.5) is 0 Å². The molecule has 1 aromatic heterocycles. The van der Waals surface area contributed by atoms with Crippen molar-refractivity contribution in [3.8, 4) is 38.6 Å². The zero-order valence-electron chi connectivity index (χ0n) is 20.5. The van der Waals surface area contributed by atoms with Crippen LogP contribution >= 0.6 is 11.3 Å². The van der Waals surface area contributed by atoms with Crippen LogP contribution in [-0.4, -0.2) is 10.1 Å². The zero-order valence-corrected chi connectivity index (χ0v) is 21.3. The topological polar surface area (TPSA) is 37.2 Å². The van der Waals surface area contributed by atoms with Gasteiger partial charge in [0.2, 0.25) is 5.52 Å². The number of benzene rings is 4. The van der Waals surface area contributed by atoms with E-state index in [9.17, 15) is 5.11 Å². The number of nitrogens with one attached hydrogen (secondary N) is 1. The molecule has 0 atom stereocenters. The van der Waals surface area contributed by atoms with Crippen LogP contribution in [0.15, 0.2) is 72.8 Å². The Kier molecular flexibility index (Phi) is 4.53. The first kappa shape index (κ1) is 22.2. The predicted octanol–water partition coefficient (Wildman–Crippen LogP) is 6.69. The van der Waals surface area contributed by atoms with E-state index >= 15 is 0 Å². The molecular formula is C31H25BeNOS+2. The summed E-state index contributed by atoms with van der Waals surface area (Å²) in [4.78, 5) is 3.60. The van der Waals surface area contributed by atoms with Gasteiger partial charge in [0.1, 0.15) is 4.70 Å². The van der Waals surface area contributed by atoms with Gasteiger partial charge in [0.15, 0.2) is 0 Å². The molecule has 166 valence electrons. The molecule has 0 unspecified atom stereocenters. The van der Waals surface area contributed by atoms with E-state index in [4.69, 9.17) is 0 Å². The molecule has 0 saturated heterocycles. The van der Waals surface area contributed by atoms with Crippen molar-refractivity contribution in [3.63, 3.8) is 0 Å². The van der Waals surface area contributed by atoms with E-state index in [0.717, 1.165) is 27.2 Å². The Morgan fingerprint density at radius 3 is 1.97 bits per heavy atom. The summed E-state index contributed by atoms with van der Waals surface area (Å²) in [7, 11) is 0. The molecule has 0 amide bonds. The maximum Gasteiger partial charge on any atom is 2.00 e. The number of H-pyrrole nitrogens is 1. The van der Waals surface area contributed by atoms with Crippen LogP contribution in [0.5, 0.6) is 5.75 Å². The van der Waals surface area contributed by atoms with Gasteiger partial charge < -0.3 is 5.11 Å². The minimum absolute atomic E-state index is 0. The van der Waals surface area contributed by atoms with E-state index < -0.39 is 0 Å². The van der Waals surface area contributed by atoms with Gasteiger partial charge in [-0.2, -0.15) is 4.98 Å². The fourth-order valence-corrected chi connectivity index (χ4v) is 7.34. The van der Waals surface area contributed by atoms with Crippen LogP contribution in [0.2, 0.25) is 0 Å². The molecule has 35 heavy (non-hydrogen) atoms. The van der Waals surface area contributed by atoms with Crippen molar-refractivity contribution in [2.24, 2.45) is 0 Å². The number of hydrogen-bond acceptors (Lipinski definition) is 2. The quantitative estimate of drug-likeness (QED) is 0.253. The molecule has 0 saturated carbocycles. The molecule has 4 heteroatoms. The molecule has 5 aromatic rings. The van der Waals surface area contributed by atoms with Crippen LogP contribution in [0.1, 0.15) is 49.9 Å². The van der Waals surface area contributed by atoms with E-state index in [1.54, 1.807) is 11.3 Å². The second kappa shape index (κ2) is 7.13. The van der Waals surface area contributed by atoms with Crippen molar-refractivity contribution in [3.05, 3.63) is 95.1 Å². The smallest absolute Gasteiger partial charge is 0.872 e. The summed E-state index contributed by atoms with van der Waals surface area (Å²) in [6, 6.07) is 25.9. The number of aromatic nitrogens is 1. The van der Waals surface area contributed by atoms with Crippen LogP contribution in [0, 0.1) is 0 Å². The summed E-state index contributed by atoms with van der Waals surface area (Å²) in [5.74, 6) is 0.139. The Bertz CT molecular complexity index is 1680. The Labute approximate surface area is 213 Å². The summed E-state index contributed by atoms with van der Waals surface area (Å²) in [6.07, 6.45) is 0. The van der Waals surface area contributed by atoms with Crippen molar-refractivity contribution >= 4 is 31.7 Å². The van der Waals surface area contributed by atoms with Gasteiger partial charge in [-0.25, -0.2) is 0 Å². The minimum atomic E-state index is -0.301. The van der Waals surface area contributed by atoms with Crippen molar-refractivity contribution in [2.75, 3.05) is 0 Å². The van der Waals surface area contributed by atoms with E-state index in [1.165, 1.54) is 38.1 Å². The van der Waals surface area contributed by atoms with Gasteiger partial charge >= 0.3 is 10.1 Å². The first-order chi connectivity index (χ1) is 16.3. The Hall–Kier alpha value is -3.26. The summed E-state index contributed by atoms with van der Waals surface area (Å²) in [6.45, 7) is 8.94. The molecule has 0 bridgehead atoms. The number of thiazole rings is 1. The molecule has 1 heterocycles. The summed E-state index contributed by atoms with van der Waals surface area (Å²) in [5.41, 5.74) is 11.3. The third-order valence-corrected chi connectivity index (χ3v) is 9.15.